The van der Waals surface area contributed by atoms with Crippen molar-refractivity contribution >= 4 is 37.1 Å². The highest BCUT2D eigenvalue weighted by molar-refractivity contribution is 7.86. The second-order valence-electron chi connectivity index (χ2n) is 1.69. The van der Waals surface area contributed by atoms with Gasteiger partial charge in [0.1, 0.15) is 10.5 Å². The Morgan fingerprint density at radius 1 is 1.00 bits per heavy atom. The minimum absolute atomic E-state index is 0.706. The molecular weight excluding hydrogens is 172 g/mol. The van der Waals surface area contributed by atoms with Crippen molar-refractivity contribution in [3.8, 4) is 0 Å². The van der Waals surface area contributed by atoms with Crippen LogP contribution in [0.2, 0.25) is 0 Å². The first-order valence-electron chi connectivity index (χ1n) is 2.41. The fourth-order valence-electron chi connectivity index (χ4n) is 0.311. The van der Waals surface area contributed by atoms with Crippen molar-refractivity contribution in [2.45, 2.75) is 10.5 Å². The topological polar surface area (TPSA) is 86.2 Å². The van der Waals surface area contributed by atoms with Crippen LogP contribution in [0, 0.1) is 0 Å². The number of primary amides is 2. The summed E-state index contributed by atoms with van der Waals surface area (Å²) < 4.78 is 0. The van der Waals surface area contributed by atoms with E-state index in [4.69, 9.17) is 11.5 Å². The third-order valence-electron chi connectivity index (χ3n) is 0.882. The normalized spacial score (nSPS) is 15.8. The summed E-state index contributed by atoms with van der Waals surface area (Å²) in [5.41, 5.74) is 9.61. The van der Waals surface area contributed by atoms with Crippen LogP contribution < -0.4 is 11.5 Å². The molecule has 0 aromatic rings. The van der Waals surface area contributed by atoms with E-state index in [1.54, 1.807) is 0 Å². The molecule has 0 spiro atoms. The van der Waals surface area contributed by atoms with Crippen LogP contribution in [0.25, 0.3) is 0 Å². The van der Waals surface area contributed by atoms with E-state index in [2.05, 4.69) is 25.3 Å². The molecule has 0 radical (unpaired) electrons. The van der Waals surface area contributed by atoms with Crippen LogP contribution in [0.4, 0.5) is 0 Å². The lowest BCUT2D eigenvalue weighted by Gasteiger charge is -2.09. The second-order valence-corrected chi connectivity index (χ2v) is 2.81. The van der Waals surface area contributed by atoms with Gasteiger partial charge in [-0.1, -0.05) is 0 Å². The fourth-order valence-corrected chi connectivity index (χ4v) is 0.605. The molecule has 0 saturated carbocycles. The standard InChI is InChI=1S/C4H8N2O2S2/c5-3(7)1(9)2(10)4(6)8/h1-2,9-10H,(H2,5,7)(H2,6,8). The summed E-state index contributed by atoms with van der Waals surface area (Å²) in [6, 6.07) is 0. The molecule has 0 fully saturated rings. The molecule has 0 aliphatic carbocycles. The predicted molar refractivity (Wildman–Crippen MR) is 43.9 cm³/mol. The van der Waals surface area contributed by atoms with Crippen LogP contribution in [0.15, 0.2) is 0 Å². The van der Waals surface area contributed by atoms with E-state index >= 15 is 0 Å². The molecule has 0 aliphatic rings. The van der Waals surface area contributed by atoms with Gasteiger partial charge in [-0.2, -0.15) is 25.3 Å². The smallest absolute Gasteiger partial charge is 0.231 e. The number of carbonyl (C=O) groups is 2. The Kier molecular flexibility index (Phi) is 3.59. The summed E-state index contributed by atoms with van der Waals surface area (Å²) in [5.74, 6) is -1.41. The Morgan fingerprint density at radius 3 is 1.30 bits per heavy atom. The van der Waals surface area contributed by atoms with E-state index in [0.717, 1.165) is 0 Å². The van der Waals surface area contributed by atoms with Gasteiger partial charge in [-0.25, -0.2) is 0 Å². The molecule has 0 aliphatic heterocycles. The van der Waals surface area contributed by atoms with Crippen LogP contribution in [0.5, 0.6) is 0 Å². The summed E-state index contributed by atoms with van der Waals surface area (Å²) in [7, 11) is 0. The molecular formula is C4H8N2O2S2. The Hall–Kier alpha value is -0.360. The van der Waals surface area contributed by atoms with E-state index in [0.29, 0.717) is 0 Å². The predicted octanol–water partition coefficient (Wildman–Crippen LogP) is -1.45. The summed E-state index contributed by atoms with van der Waals surface area (Å²) in [6.45, 7) is 0. The number of hydrogen-bond acceptors (Lipinski definition) is 4. The first-order valence-corrected chi connectivity index (χ1v) is 3.45. The zero-order chi connectivity index (χ0) is 8.31. The number of carbonyl (C=O) groups excluding carboxylic acids is 2. The molecule has 0 bridgehead atoms. The monoisotopic (exact) mass is 180 g/mol. The van der Waals surface area contributed by atoms with Crippen LogP contribution in [0.1, 0.15) is 0 Å². The van der Waals surface area contributed by atoms with Gasteiger partial charge < -0.3 is 11.5 Å². The highest BCUT2D eigenvalue weighted by Crippen LogP contribution is 2.07. The lowest BCUT2D eigenvalue weighted by molar-refractivity contribution is -0.122. The molecule has 0 aromatic heterocycles. The maximum atomic E-state index is 10.3. The van der Waals surface area contributed by atoms with Gasteiger partial charge in [-0.15, -0.1) is 0 Å². The minimum atomic E-state index is -0.916. The SMILES string of the molecule is NC(=O)C(S)C(S)C(N)=O. The summed E-state index contributed by atoms with van der Waals surface area (Å²) in [4.78, 5) is 20.7. The molecule has 0 rings (SSSR count). The molecule has 58 valence electrons. The van der Waals surface area contributed by atoms with E-state index < -0.39 is 22.3 Å². The van der Waals surface area contributed by atoms with Crippen LogP contribution in [0.3, 0.4) is 0 Å². The molecule has 2 unspecified atom stereocenters. The van der Waals surface area contributed by atoms with E-state index in [9.17, 15) is 9.59 Å². The molecule has 0 saturated heterocycles. The molecule has 2 atom stereocenters. The van der Waals surface area contributed by atoms with E-state index in [1.165, 1.54) is 0 Å². The molecule has 10 heavy (non-hydrogen) atoms. The van der Waals surface area contributed by atoms with Crippen molar-refractivity contribution in [1.82, 2.24) is 0 Å². The van der Waals surface area contributed by atoms with Gasteiger partial charge in [-0.05, 0) is 0 Å². The average Bonchev–Trinajstić information content (AvgIpc) is 1.84. The molecule has 4 N–H and O–H groups in total. The van der Waals surface area contributed by atoms with Crippen molar-refractivity contribution in [1.29, 1.82) is 0 Å². The maximum Gasteiger partial charge on any atom is 0.231 e. The zero-order valence-corrected chi connectivity index (χ0v) is 6.81. The van der Waals surface area contributed by atoms with Gasteiger partial charge in [0, 0.05) is 0 Å². The van der Waals surface area contributed by atoms with Crippen molar-refractivity contribution < 1.29 is 9.59 Å². The fraction of sp³-hybridized carbons (Fsp3) is 0.500. The van der Waals surface area contributed by atoms with Crippen molar-refractivity contribution in [2.24, 2.45) is 11.5 Å². The third kappa shape index (κ3) is 2.49. The third-order valence-corrected chi connectivity index (χ3v) is 2.22. The first-order chi connectivity index (χ1) is 4.46. The molecule has 4 nitrogen and oxygen atoms in total. The number of nitrogens with two attached hydrogens (primary N) is 2. The molecule has 0 aromatic carbocycles. The van der Waals surface area contributed by atoms with Gasteiger partial charge in [0.15, 0.2) is 0 Å². The number of thiol groups is 2. The Morgan fingerprint density at radius 2 is 1.20 bits per heavy atom. The van der Waals surface area contributed by atoms with Crippen LogP contribution in [-0.2, 0) is 9.59 Å². The highest BCUT2D eigenvalue weighted by atomic mass is 32.1. The number of rotatable bonds is 3. The Bertz CT molecular complexity index is 143. The van der Waals surface area contributed by atoms with Crippen molar-refractivity contribution in [2.75, 3.05) is 0 Å². The first kappa shape index (κ1) is 9.64. The Labute approximate surface area is 69.1 Å². The number of hydrogen-bond donors (Lipinski definition) is 4. The average molecular weight is 180 g/mol. The highest BCUT2D eigenvalue weighted by Gasteiger charge is 2.23. The lowest BCUT2D eigenvalue weighted by Crippen LogP contribution is -2.39. The lowest BCUT2D eigenvalue weighted by atomic mass is 10.3. The minimum Gasteiger partial charge on any atom is -0.369 e. The quantitative estimate of drug-likeness (QED) is 0.401. The van der Waals surface area contributed by atoms with Gasteiger partial charge in [0.25, 0.3) is 0 Å². The van der Waals surface area contributed by atoms with Gasteiger partial charge in [0.05, 0.1) is 0 Å². The van der Waals surface area contributed by atoms with E-state index in [-0.39, 0.29) is 0 Å². The largest absolute Gasteiger partial charge is 0.369 e. The number of amides is 2. The van der Waals surface area contributed by atoms with Gasteiger partial charge in [-0.3, -0.25) is 9.59 Å². The van der Waals surface area contributed by atoms with Crippen molar-refractivity contribution in [3.63, 3.8) is 0 Å². The molecule has 6 heteroatoms. The molecule has 0 heterocycles. The summed E-state index contributed by atoms with van der Waals surface area (Å²) >= 11 is 7.41. The van der Waals surface area contributed by atoms with E-state index in [1.807, 2.05) is 0 Å². The summed E-state index contributed by atoms with van der Waals surface area (Å²) in [6.07, 6.45) is 0. The zero-order valence-electron chi connectivity index (χ0n) is 5.02. The van der Waals surface area contributed by atoms with Crippen molar-refractivity contribution in [3.05, 3.63) is 0 Å². The Balaban J connectivity index is 4.07. The van der Waals surface area contributed by atoms with Crippen LogP contribution >= 0.6 is 25.3 Å². The molecule has 2 amide bonds. The maximum absolute atomic E-state index is 10.3. The van der Waals surface area contributed by atoms with Crippen LogP contribution in [-0.4, -0.2) is 22.3 Å². The summed E-state index contributed by atoms with van der Waals surface area (Å²) in [5, 5.41) is -1.83. The van der Waals surface area contributed by atoms with Gasteiger partial charge >= 0.3 is 0 Å². The second kappa shape index (κ2) is 3.72. The van der Waals surface area contributed by atoms with Gasteiger partial charge in [0.2, 0.25) is 11.8 Å².